The molecule has 0 aliphatic heterocycles. The van der Waals surface area contributed by atoms with Crippen molar-refractivity contribution < 1.29 is 23.9 Å². The Kier molecular flexibility index (Phi) is 10.3. The van der Waals surface area contributed by atoms with E-state index in [-0.39, 0.29) is 46.4 Å². The number of ether oxygens (including phenoxy) is 2. The fraction of sp³-hybridized carbons (Fsp3) is 0.269. The summed E-state index contributed by atoms with van der Waals surface area (Å²) in [7, 11) is 1.55. The van der Waals surface area contributed by atoms with E-state index in [1.165, 1.54) is 18.2 Å². The van der Waals surface area contributed by atoms with Crippen LogP contribution in [0.1, 0.15) is 30.0 Å². The molecule has 3 aromatic rings. The Bertz CT molecular complexity index is 1330. The van der Waals surface area contributed by atoms with E-state index in [0.717, 1.165) is 11.8 Å². The molecular weight excluding hydrogens is 530 g/mol. The number of halogens is 1. The Balaban J connectivity index is 1.63. The summed E-state index contributed by atoms with van der Waals surface area (Å²) in [6.07, 6.45) is 1.34. The second-order valence-electron chi connectivity index (χ2n) is 8.24. The first-order chi connectivity index (χ1) is 18.2. The number of aromatic nitrogens is 3. The molecular formula is C26H28ClN5O5S. The Hall–Kier alpha value is -3.83. The first-order valence-corrected chi connectivity index (χ1v) is 13.0. The van der Waals surface area contributed by atoms with E-state index in [9.17, 15) is 14.4 Å². The number of methoxy groups -OCH3 is 1. The van der Waals surface area contributed by atoms with Crippen molar-refractivity contribution in [1.29, 1.82) is 0 Å². The van der Waals surface area contributed by atoms with Gasteiger partial charge in [-0.1, -0.05) is 35.5 Å². The minimum atomic E-state index is -0.512. The third-order valence-corrected chi connectivity index (χ3v) is 6.22. The minimum absolute atomic E-state index is 0.0116. The van der Waals surface area contributed by atoms with Gasteiger partial charge >= 0.3 is 5.97 Å². The maximum atomic E-state index is 12.6. The molecule has 0 fully saturated rings. The maximum absolute atomic E-state index is 12.6. The lowest BCUT2D eigenvalue weighted by molar-refractivity contribution is -0.116. The lowest BCUT2D eigenvalue weighted by atomic mass is 10.2. The van der Waals surface area contributed by atoms with Gasteiger partial charge < -0.3 is 24.7 Å². The van der Waals surface area contributed by atoms with Crippen LogP contribution in [0, 0.1) is 0 Å². The minimum Gasteiger partial charge on any atom is -0.497 e. The van der Waals surface area contributed by atoms with Crippen LogP contribution in [0.15, 0.2) is 60.3 Å². The quantitative estimate of drug-likeness (QED) is 0.188. The number of benzene rings is 2. The van der Waals surface area contributed by atoms with Crippen molar-refractivity contribution in [2.24, 2.45) is 0 Å². The number of hydrogen-bond donors (Lipinski definition) is 2. The third-order valence-electron chi connectivity index (χ3n) is 4.93. The number of nitrogens with zero attached hydrogens (tertiary/aromatic N) is 3. The predicted molar refractivity (Wildman–Crippen MR) is 147 cm³/mol. The topological polar surface area (TPSA) is 124 Å². The smallest absolute Gasteiger partial charge is 0.338 e. The Morgan fingerprint density at radius 2 is 1.92 bits per heavy atom. The number of rotatable bonds is 12. The molecule has 0 unspecified atom stereocenters. The summed E-state index contributed by atoms with van der Waals surface area (Å²) >= 11 is 7.35. The van der Waals surface area contributed by atoms with Crippen molar-refractivity contribution in [3.05, 3.63) is 71.5 Å². The maximum Gasteiger partial charge on any atom is 0.338 e. The lowest BCUT2D eigenvalue weighted by Gasteiger charge is -2.11. The van der Waals surface area contributed by atoms with Crippen LogP contribution in [0.5, 0.6) is 5.75 Å². The average Bonchev–Trinajstić information content (AvgIpc) is 3.24. The van der Waals surface area contributed by atoms with Gasteiger partial charge in [-0.05, 0) is 44.2 Å². The normalized spacial score (nSPS) is 10.7. The summed E-state index contributed by atoms with van der Waals surface area (Å²) in [5, 5.41) is 14.5. The van der Waals surface area contributed by atoms with Crippen molar-refractivity contribution in [2.45, 2.75) is 38.1 Å². The molecule has 1 aromatic heterocycles. The predicted octanol–water partition coefficient (Wildman–Crippen LogP) is 4.60. The number of thioether (sulfide) groups is 1. The molecule has 0 aliphatic carbocycles. The number of nitrogens with one attached hydrogen (secondary N) is 2. The largest absolute Gasteiger partial charge is 0.497 e. The molecule has 10 nitrogen and oxygen atoms in total. The number of hydrogen-bond acceptors (Lipinski definition) is 8. The zero-order valence-corrected chi connectivity index (χ0v) is 22.8. The molecule has 0 atom stereocenters. The standard InChI is InChI=1S/C26H28ClN5O5S/c1-5-11-32-22(14-23(33)28-18-7-6-8-19(13-18)36-4)30-31-26(32)38-15-24(34)29-21-12-17(9-10-20(21)27)25(35)37-16(2)3/h5-10,12-13,16H,1,11,14-15H2,2-4H3,(H,28,33)(H,29,34). The molecule has 200 valence electrons. The van der Waals surface area contributed by atoms with Gasteiger partial charge in [0.25, 0.3) is 0 Å². The van der Waals surface area contributed by atoms with Gasteiger partial charge in [0.05, 0.1) is 41.7 Å². The number of allylic oxidation sites excluding steroid dienone is 1. The second-order valence-corrected chi connectivity index (χ2v) is 9.59. The zero-order valence-electron chi connectivity index (χ0n) is 21.2. The highest BCUT2D eigenvalue weighted by molar-refractivity contribution is 7.99. The van der Waals surface area contributed by atoms with Crippen LogP contribution in [0.25, 0.3) is 0 Å². The highest BCUT2D eigenvalue weighted by atomic mass is 35.5. The van der Waals surface area contributed by atoms with Gasteiger partial charge in [-0.2, -0.15) is 0 Å². The Morgan fingerprint density at radius 3 is 2.63 bits per heavy atom. The first kappa shape index (κ1) is 28.7. The number of anilines is 2. The molecule has 0 bridgehead atoms. The summed E-state index contributed by atoms with van der Waals surface area (Å²) < 4.78 is 12.1. The number of carbonyl (C=O) groups excluding carboxylic acids is 3. The van der Waals surface area contributed by atoms with E-state index in [2.05, 4.69) is 27.4 Å². The van der Waals surface area contributed by atoms with Crippen LogP contribution < -0.4 is 15.4 Å². The van der Waals surface area contributed by atoms with Crippen LogP contribution >= 0.6 is 23.4 Å². The van der Waals surface area contributed by atoms with Gasteiger partial charge in [-0.3, -0.25) is 9.59 Å². The second kappa shape index (κ2) is 13.6. The van der Waals surface area contributed by atoms with Crippen molar-refractivity contribution in [2.75, 3.05) is 23.5 Å². The summed E-state index contributed by atoms with van der Waals surface area (Å²) in [6.45, 7) is 7.60. The van der Waals surface area contributed by atoms with Crippen LogP contribution in [0.2, 0.25) is 5.02 Å². The zero-order chi connectivity index (χ0) is 27.7. The molecule has 0 saturated heterocycles. The molecule has 3 rings (SSSR count). The molecule has 12 heteroatoms. The average molecular weight is 558 g/mol. The molecule has 2 N–H and O–H groups in total. The highest BCUT2D eigenvalue weighted by Gasteiger charge is 2.18. The monoisotopic (exact) mass is 557 g/mol. The van der Waals surface area contributed by atoms with Crippen molar-refractivity contribution in [3.63, 3.8) is 0 Å². The van der Waals surface area contributed by atoms with Gasteiger partial charge in [0.1, 0.15) is 11.6 Å². The number of amides is 2. The molecule has 0 radical (unpaired) electrons. The van der Waals surface area contributed by atoms with E-state index in [1.54, 1.807) is 55.9 Å². The fourth-order valence-electron chi connectivity index (χ4n) is 3.27. The molecule has 38 heavy (non-hydrogen) atoms. The van der Waals surface area contributed by atoms with Gasteiger partial charge in [-0.15, -0.1) is 16.8 Å². The molecule has 2 amide bonds. The van der Waals surface area contributed by atoms with E-state index in [1.807, 2.05) is 0 Å². The molecule has 0 aliphatic rings. The number of carbonyl (C=O) groups is 3. The Labute approximate surface area is 229 Å². The van der Waals surface area contributed by atoms with Crippen molar-refractivity contribution in [1.82, 2.24) is 14.8 Å². The van der Waals surface area contributed by atoms with Crippen LogP contribution in [0.4, 0.5) is 11.4 Å². The third kappa shape index (κ3) is 8.09. The SMILES string of the molecule is C=CCn1c(CC(=O)Nc2cccc(OC)c2)nnc1SCC(=O)Nc1cc(C(=O)OC(C)C)ccc1Cl. The van der Waals surface area contributed by atoms with Crippen molar-refractivity contribution >= 4 is 52.5 Å². The van der Waals surface area contributed by atoms with Crippen LogP contribution in [-0.4, -0.2) is 51.5 Å². The molecule has 1 heterocycles. The highest BCUT2D eigenvalue weighted by Crippen LogP contribution is 2.25. The summed E-state index contributed by atoms with van der Waals surface area (Å²) in [6, 6.07) is 11.5. The summed E-state index contributed by atoms with van der Waals surface area (Å²) in [5.41, 5.74) is 1.15. The Morgan fingerprint density at radius 1 is 1.13 bits per heavy atom. The van der Waals surface area contributed by atoms with E-state index >= 15 is 0 Å². The molecule has 0 saturated carbocycles. The molecule has 0 spiro atoms. The summed E-state index contributed by atoms with van der Waals surface area (Å²) in [4.78, 5) is 37.4. The first-order valence-electron chi connectivity index (χ1n) is 11.6. The summed E-state index contributed by atoms with van der Waals surface area (Å²) in [5.74, 6) is -0.122. The van der Waals surface area contributed by atoms with E-state index < -0.39 is 5.97 Å². The van der Waals surface area contributed by atoms with Gasteiger partial charge in [0, 0.05) is 18.3 Å². The lowest BCUT2D eigenvalue weighted by Crippen LogP contribution is -2.18. The number of esters is 1. The molecule has 2 aromatic carbocycles. The van der Waals surface area contributed by atoms with E-state index in [4.69, 9.17) is 21.1 Å². The van der Waals surface area contributed by atoms with Crippen LogP contribution in [0.3, 0.4) is 0 Å². The van der Waals surface area contributed by atoms with Gasteiger partial charge in [0.2, 0.25) is 11.8 Å². The van der Waals surface area contributed by atoms with Gasteiger partial charge in [0.15, 0.2) is 5.16 Å². The van der Waals surface area contributed by atoms with Crippen molar-refractivity contribution in [3.8, 4) is 5.75 Å². The van der Waals surface area contributed by atoms with E-state index in [0.29, 0.717) is 29.0 Å². The van der Waals surface area contributed by atoms with Crippen LogP contribution in [-0.2, 0) is 27.3 Å². The van der Waals surface area contributed by atoms with Gasteiger partial charge in [-0.25, -0.2) is 4.79 Å². The fourth-order valence-corrected chi connectivity index (χ4v) is 4.20.